The predicted molar refractivity (Wildman–Crippen MR) is 105 cm³/mol. The minimum atomic E-state index is -0.511. The van der Waals surface area contributed by atoms with Crippen molar-refractivity contribution in [1.82, 2.24) is 0 Å². The lowest BCUT2D eigenvalue weighted by Crippen LogP contribution is -2.44. The number of rotatable bonds is 5. The van der Waals surface area contributed by atoms with E-state index in [0.29, 0.717) is 23.7 Å². The van der Waals surface area contributed by atoms with Gasteiger partial charge in [-0.15, -0.1) is 0 Å². The zero-order chi connectivity index (χ0) is 19.6. The number of nitrogens with one attached hydrogen (secondary N) is 1. The van der Waals surface area contributed by atoms with Crippen LogP contribution in [-0.4, -0.2) is 31.1 Å². The molecule has 1 aliphatic heterocycles. The number of nitrogens with zero attached hydrogens (tertiary/aromatic N) is 1. The first-order chi connectivity index (χ1) is 12.9. The van der Waals surface area contributed by atoms with E-state index in [0.717, 1.165) is 16.9 Å². The van der Waals surface area contributed by atoms with Crippen LogP contribution in [0.3, 0.4) is 0 Å². The molecule has 1 unspecified atom stereocenters. The van der Waals surface area contributed by atoms with Gasteiger partial charge in [0.05, 0.1) is 5.69 Å². The summed E-state index contributed by atoms with van der Waals surface area (Å²) in [5.41, 5.74) is 3.22. The Morgan fingerprint density at radius 3 is 2.59 bits per heavy atom. The number of benzene rings is 2. The molecule has 142 valence electrons. The van der Waals surface area contributed by atoms with Gasteiger partial charge >= 0.3 is 0 Å². The average molecular weight is 368 g/mol. The van der Waals surface area contributed by atoms with E-state index in [1.165, 1.54) is 0 Å². The van der Waals surface area contributed by atoms with E-state index in [-0.39, 0.29) is 18.4 Å². The summed E-state index contributed by atoms with van der Waals surface area (Å²) in [6.45, 7) is 7.97. The van der Waals surface area contributed by atoms with Gasteiger partial charge < -0.3 is 19.7 Å². The van der Waals surface area contributed by atoms with Crippen LogP contribution in [0.15, 0.2) is 36.4 Å². The van der Waals surface area contributed by atoms with Crippen molar-refractivity contribution in [3.8, 4) is 11.5 Å². The lowest BCUT2D eigenvalue weighted by atomic mass is 10.1. The molecule has 0 spiro atoms. The number of aryl methyl sites for hydroxylation is 2. The Bertz CT molecular complexity index is 858. The molecule has 6 nitrogen and oxygen atoms in total. The van der Waals surface area contributed by atoms with Crippen LogP contribution in [0.1, 0.15) is 25.0 Å². The molecule has 0 bridgehead atoms. The van der Waals surface area contributed by atoms with Crippen LogP contribution in [0.4, 0.5) is 11.4 Å². The zero-order valence-electron chi connectivity index (χ0n) is 16.0. The van der Waals surface area contributed by atoms with Crippen molar-refractivity contribution in [3.05, 3.63) is 47.5 Å². The van der Waals surface area contributed by atoms with Crippen molar-refractivity contribution >= 4 is 23.2 Å². The van der Waals surface area contributed by atoms with Crippen LogP contribution >= 0.6 is 0 Å². The number of carbonyl (C=O) groups is 2. The summed E-state index contributed by atoms with van der Waals surface area (Å²) in [7, 11) is 0. The standard InChI is InChI=1S/C21H24N2O4/c1-5-23-17-11-16(9-10-18(17)27-15(4)21(23)25)22-19(24)12-26-20-13(2)7-6-8-14(20)3/h6-11,15H,5,12H2,1-4H3,(H,22,24). The number of para-hydroxylation sites is 1. The molecular formula is C21H24N2O4. The fraction of sp³-hybridized carbons (Fsp3) is 0.333. The lowest BCUT2D eigenvalue weighted by molar-refractivity contribution is -0.125. The third-order valence-electron chi connectivity index (χ3n) is 4.52. The maximum atomic E-state index is 12.3. The normalized spacial score (nSPS) is 15.8. The first-order valence-electron chi connectivity index (χ1n) is 9.01. The van der Waals surface area contributed by atoms with Crippen molar-refractivity contribution in [2.24, 2.45) is 0 Å². The summed E-state index contributed by atoms with van der Waals surface area (Å²) < 4.78 is 11.3. The second kappa shape index (κ2) is 7.70. The van der Waals surface area contributed by atoms with Gasteiger partial charge in [-0.05, 0) is 57.0 Å². The third kappa shape index (κ3) is 3.89. The van der Waals surface area contributed by atoms with E-state index >= 15 is 0 Å². The van der Waals surface area contributed by atoms with Crippen LogP contribution in [-0.2, 0) is 9.59 Å². The molecule has 0 fully saturated rings. The van der Waals surface area contributed by atoms with E-state index < -0.39 is 6.10 Å². The molecule has 6 heteroatoms. The van der Waals surface area contributed by atoms with Gasteiger partial charge in [0.1, 0.15) is 11.5 Å². The van der Waals surface area contributed by atoms with Crippen molar-refractivity contribution < 1.29 is 19.1 Å². The quantitative estimate of drug-likeness (QED) is 0.878. The van der Waals surface area contributed by atoms with Crippen LogP contribution in [0.25, 0.3) is 0 Å². The Morgan fingerprint density at radius 2 is 1.93 bits per heavy atom. The number of likely N-dealkylation sites (N-methyl/N-ethyl adjacent to an activating group) is 1. The fourth-order valence-corrected chi connectivity index (χ4v) is 3.17. The maximum absolute atomic E-state index is 12.3. The largest absolute Gasteiger partial charge is 0.483 e. The van der Waals surface area contributed by atoms with Crippen LogP contribution in [0.2, 0.25) is 0 Å². The smallest absolute Gasteiger partial charge is 0.267 e. The lowest BCUT2D eigenvalue weighted by Gasteiger charge is -2.32. The van der Waals surface area contributed by atoms with Gasteiger partial charge in [-0.1, -0.05) is 18.2 Å². The Kier molecular flexibility index (Phi) is 5.35. The molecule has 1 N–H and O–H groups in total. The number of hydrogen-bond donors (Lipinski definition) is 1. The van der Waals surface area contributed by atoms with E-state index in [1.54, 1.807) is 30.0 Å². The molecule has 0 saturated carbocycles. The van der Waals surface area contributed by atoms with Gasteiger partial charge in [-0.2, -0.15) is 0 Å². The summed E-state index contributed by atoms with van der Waals surface area (Å²) in [5.74, 6) is 1.00. The molecule has 2 aromatic carbocycles. The average Bonchev–Trinajstić information content (AvgIpc) is 2.63. The van der Waals surface area contributed by atoms with Gasteiger partial charge in [-0.3, -0.25) is 9.59 Å². The van der Waals surface area contributed by atoms with E-state index in [1.807, 2.05) is 39.0 Å². The highest BCUT2D eigenvalue weighted by atomic mass is 16.5. The van der Waals surface area contributed by atoms with Crippen molar-refractivity contribution in [2.75, 3.05) is 23.4 Å². The Labute approximate surface area is 159 Å². The summed E-state index contributed by atoms with van der Waals surface area (Å²) in [6.07, 6.45) is -0.511. The van der Waals surface area contributed by atoms with Crippen LogP contribution in [0, 0.1) is 13.8 Å². The Balaban J connectivity index is 1.70. The molecule has 0 saturated heterocycles. The second-order valence-corrected chi connectivity index (χ2v) is 6.58. The summed E-state index contributed by atoms with van der Waals surface area (Å²) in [6, 6.07) is 11.1. The summed E-state index contributed by atoms with van der Waals surface area (Å²) >= 11 is 0. The maximum Gasteiger partial charge on any atom is 0.267 e. The van der Waals surface area contributed by atoms with Gasteiger partial charge in [0.25, 0.3) is 11.8 Å². The van der Waals surface area contributed by atoms with Gasteiger partial charge in [0.2, 0.25) is 0 Å². The molecule has 27 heavy (non-hydrogen) atoms. The van der Waals surface area contributed by atoms with E-state index in [2.05, 4.69) is 5.32 Å². The molecule has 3 rings (SSSR count). The Hall–Kier alpha value is -3.02. The number of ether oxygens (including phenoxy) is 2. The molecule has 0 aromatic heterocycles. The van der Waals surface area contributed by atoms with Crippen molar-refractivity contribution in [2.45, 2.75) is 33.8 Å². The minimum Gasteiger partial charge on any atom is -0.483 e. The first-order valence-corrected chi connectivity index (χ1v) is 9.01. The van der Waals surface area contributed by atoms with Crippen molar-refractivity contribution in [1.29, 1.82) is 0 Å². The number of anilines is 2. The molecule has 1 heterocycles. The zero-order valence-corrected chi connectivity index (χ0v) is 16.0. The van der Waals surface area contributed by atoms with Gasteiger partial charge in [-0.25, -0.2) is 0 Å². The highest BCUT2D eigenvalue weighted by Crippen LogP contribution is 2.36. The highest BCUT2D eigenvalue weighted by Gasteiger charge is 2.30. The van der Waals surface area contributed by atoms with Crippen LogP contribution < -0.4 is 19.7 Å². The molecule has 0 aliphatic carbocycles. The van der Waals surface area contributed by atoms with Gasteiger partial charge in [0.15, 0.2) is 12.7 Å². The van der Waals surface area contributed by atoms with Crippen molar-refractivity contribution in [3.63, 3.8) is 0 Å². The van der Waals surface area contributed by atoms with Crippen LogP contribution in [0.5, 0.6) is 11.5 Å². The van der Waals surface area contributed by atoms with Gasteiger partial charge in [0, 0.05) is 12.2 Å². The first kappa shape index (κ1) is 18.8. The van der Waals surface area contributed by atoms with E-state index in [9.17, 15) is 9.59 Å². The number of amides is 2. The summed E-state index contributed by atoms with van der Waals surface area (Å²) in [4.78, 5) is 26.2. The predicted octanol–water partition coefficient (Wildman–Crippen LogP) is 3.45. The number of hydrogen-bond acceptors (Lipinski definition) is 4. The molecule has 1 aliphatic rings. The topological polar surface area (TPSA) is 67.9 Å². The molecule has 2 aromatic rings. The Morgan fingerprint density at radius 1 is 1.22 bits per heavy atom. The second-order valence-electron chi connectivity index (χ2n) is 6.58. The minimum absolute atomic E-state index is 0.0905. The fourth-order valence-electron chi connectivity index (χ4n) is 3.17. The molecule has 0 radical (unpaired) electrons. The third-order valence-corrected chi connectivity index (χ3v) is 4.52. The molecule has 1 atom stereocenters. The molecule has 2 amide bonds. The highest BCUT2D eigenvalue weighted by molar-refractivity contribution is 6.01. The monoisotopic (exact) mass is 368 g/mol. The molecular weight excluding hydrogens is 344 g/mol. The number of fused-ring (bicyclic) bond motifs is 1. The SMILES string of the molecule is CCN1C(=O)C(C)Oc2ccc(NC(=O)COc3c(C)cccc3C)cc21. The van der Waals surface area contributed by atoms with E-state index in [4.69, 9.17) is 9.47 Å². The number of carbonyl (C=O) groups excluding carboxylic acids is 2. The summed E-state index contributed by atoms with van der Waals surface area (Å²) in [5, 5.41) is 2.81.